The molecule has 88 valence electrons. The zero-order valence-corrected chi connectivity index (χ0v) is 11.4. The summed E-state index contributed by atoms with van der Waals surface area (Å²) < 4.78 is 5.94. The molecular weight excluding hydrogens is 228 g/mol. The van der Waals surface area contributed by atoms with Crippen molar-refractivity contribution < 1.29 is 9.22 Å². The molecule has 2 rings (SSSR count). The van der Waals surface area contributed by atoms with Crippen molar-refractivity contribution in [3.63, 3.8) is 0 Å². The Hall–Kier alpha value is -1.61. The fourth-order valence-electron chi connectivity index (χ4n) is 1.73. The van der Waals surface area contributed by atoms with Gasteiger partial charge in [-0.25, -0.2) is 0 Å². The number of hydrogen-bond donors (Lipinski definition) is 0. The molecule has 0 fully saturated rings. The Labute approximate surface area is 102 Å². The third-order valence-corrected chi connectivity index (χ3v) is 3.24. The summed E-state index contributed by atoms with van der Waals surface area (Å²) in [6.07, 6.45) is 0.867. The zero-order valence-electron chi connectivity index (χ0n) is 10.4. The average molecular weight is 244 g/mol. The standard InChI is InChI=1S/C14H16O2Si/c1-17(2,3)16-14-7-6-12-8-11(10-15)4-5-13(12)9-14/h4-10H,1-3H3. The average Bonchev–Trinajstić information content (AvgIpc) is 2.26. The van der Waals surface area contributed by atoms with Gasteiger partial charge in [-0.15, -0.1) is 0 Å². The zero-order chi connectivity index (χ0) is 12.5. The minimum absolute atomic E-state index is 0.705. The number of rotatable bonds is 3. The molecule has 0 N–H and O–H groups in total. The number of carbonyl (C=O) groups excluding carboxylic acids is 1. The van der Waals surface area contributed by atoms with E-state index < -0.39 is 8.32 Å². The van der Waals surface area contributed by atoms with Crippen molar-refractivity contribution in [3.05, 3.63) is 42.0 Å². The molecule has 17 heavy (non-hydrogen) atoms. The van der Waals surface area contributed by atoms with Crippen molar-refractivity contribution in [1.82, 2.24) is 0 Å². The van der Waals surface area contributed by atoms with Crippen molar-refractivity contribution in [2.24, 2.45) is 0 Å². The van der Waals surface area contributed by atoms with Crippen LogP contribution in [0.2, 0.25) is 19.6 Å². The van der Waals surface area contributed by atoms with E-state index >= 15 is 0 Å². The highest BCUT2D eigenvalue weighted by Gasteiger charge is 2.16. The molecule has 0 atom stereocenters. The first kappa shape index (κ1) is 11.9. The first-order valence-electron chi connectivity index (χ1n) is 5.66. The molecule has 0 unspecified atom stereocenters. The van der Waals surface area contributed by atoms with Crippen LogP contribution in [0.1, 0.15) is 10.4 Å². The van der Waals surface area contributed by atoms with Crippen LogP contribution >= 0.6 is 0 Å². The second kappa shape index (κ2) is 4.34. The summed E-state index contributed by atoms with van der Waals surface area (Å²) in [5, 5.41) is 2.17. The van der Waals surface area contributed by atoms with Gasteiger partial charge in [-0.3, -0.25) is 4.79 Å². The molecule has 2 nitrogen and oxygen atoms in total. The molecule has 0 bridgehead atoms. The van der Waals surface area contributed by atoms with Crippen molar-refractivity contribution in [2.45, 2.75) is 19.6 Å². The molecule has 0 radical (unpaired) electrons. The van der Waals surface area contributed by atoms with Crippen LogP contribution in [0.25, 0.3) is 10.8 Å². The van der Waals surface area contributed by atoms with E-state index in [0.717, 1.165) is 22.8 Å². The molecule has 0 heterocycles. The van der Waals surface area contributed by atoms with Crippen LogP contribution in [0.3, 0.4) is 0 Å². The summed E-state index contributed by atoms with van der Waals surface area (Å²) in [5.41, 5.74) is 0.705. The van der Waals surface area contributed by atoms with Crippen LogP contribution in [0.4, 0.5) is 0 Å². The summed E-state index contributed by atoms with van der Waals surface area (Å²) in [7, 11) is -1.56. The molecule has 2 aromatic rings. The Bertz CT molecular complexity index is 556. The van der Waals surface area contributed by atoms with Crippen molar-refractivity contribution in [2.75, 3.05) is 0 Å². The third-order valence-electron chi connectivity index (χ3n) is 2.40. The lowest BCUT2D eigenvalue weighted by Crippen LogP contribution is -2.29. The number of fused-ring (bicyclic) bond motifs is 1. The lowest BCUT2D eigenvalue weighted by Gasteiger charge is -2.19. The van der Waals surface area contributed by atoms with Crippen LogP contribution in [0, 0.1) is 0 Å². The van der Waals surface area contributed by atoms with Gasteiger partial charge in [0.2, 0.25) is 8.32 Å². The number of benzene rings is 2. The normalized spacial score (nSPS) is 11.5. The topological polar surface area (TPSA) is 26.3 Å². The molecule has 0 aliphatic heterocycles. The van der Waals surface area contributed by atoms with Gasteiger partial charge in [-0.2, -0.15) is 0 Å². The second-order valence-electron chi connectivity index (χ2n) is 5.10. The smallest absolute Gasteiger partial charge is 0.242 e. The summed E-state index contributed by atoms with van der Waals surface area (Å²) in [6.45, 7) is 6.48. The van der Waals surface area contributed by atoms with Gasteiger partial charge >= 0.3 is 0 Å². The van der Waals surface area contributed by atoms with Gasteiger partial charge in [0.25, 0.3) is 0 Å². The van der Waals surface area contributed by atoms with Gasteiger partial charge in [-0.1, -0.05) is 18.2 Å². The van der Waals surface area contributed by atoms with E-state index in [1.54, 1.807) is 0 Å². The highest BCUT2D eigenvalue weighted by molar-refractivity contribution is 6.70. The van der Waals surface area contributed by atoms with Gasteiger partial charge in [0.1, 0.15) is 12.0 Å². The fraction of sp³-hybridized carbons (Fsp3) is 0.214. The molecular formula is C14H16O2Si. The van der Waals surface area contributed by atoms with Crippen LogP contribution < -0.4 is 4.43 Å². The van der Waals surface area contributed by atoms with Gasteiger partial charge < -0.3 is 4.43 Å². The van der Waals surface area contributed by atoms with E-state index in [9.17, 15) is 4.79 Å². The molecule has 2 aromatic carbocycles. The van der Waals surface area contributed by atoms with Crippen LogP contribution in [-0.4, -0.2) is 14.6 Å². The van der Waals surface area contributed by atoms with E-state index in [-0.39, 0.29) is 0 Å². The number of carbonyl (C=O) groups is 1. The quantitative estimate of drug-likeness (QED) is 0.605. The van der Waals surface area contributed by atoms with Crippen molar-refractivity contribution >= 4 is 25.4 Å². The molecule has 0 aromatic heterocycles. The minimum atomic E-state index is -1.56. The predicted octanol–water partition coefficient (Wildman–Crippen LogP) is 3.87. The van der Waals surface area contributed by atoms with E-state index in [0.29, 0.717) is 5.56 Å². The molecule has 0 saturated heterocycles. The van der Waals surface area contributed by atoms with Crippen LogP contribution in [0.15, 0.2) is 36.4 Å². The van der Waals surface area contributed by atoms with Crippen molar-refractivity contribution in [3.8, 4) is 5.75 Å². The lowest BCUT2D eigenvalue weighted by molar-refractivity contribution is 0.112. The highest BCUT2D eigenvalue weighted by Crippen LogP contribution is 2.23. The molecule has 0 saturated carbocycles. The largest absolute Gasteiger partial charge is 0.544 e. The second-order valence-corrected chi connectivity index (χ2v) is 9.53. The number of hydrogen-bond acceptors (Lipinski definition) is 2. The Morgan fingerprint density at radius 1 is 1.00 bits per heavy atom. The Morgan fingerprint density at radius 3 is 2.29 bits per heavy atom. The molecule has 0 amide bonds. The van der Waals surface area contributed by atoms with Gasteiger partial charge in [0.15, 0.2) is 0 Å². The Morgan fingerprint density at radius 2 is 1.65 bits per heavy atom. The monoisotopic (exact) mass is 244 g/mol. The van der Waals surface area contributed by atoms with E-state index in [1.807, 2.05) is 36.4 Å². The number of aldehydes is 1. The van der Waals surface area contributed by atoms with Gasteiger partial charge in [0, 0.05) is 5.56 Å². The third kappa shape index (κ3) is 2.94. The lowest BCUT2D eigenvalue weighted by atomic mass is 10.1. The summed E-state index contributed by atoms with van der Waals surface area (Å²) in [5.74, 6) is 0.913. The Balaban J connectivity index is 2.41. The summed E-state index contributed by atoms with van der Waals surface area (Å²) in [4.78, 5) is 10.7. The van der Waals surface area contributed by atoms with E-state index in [4.69, 9.17) is 4.43 Å². The first-order valence-corrected chi connectivity index (χ1v) is 9.07. The van der Waals surface area contributed by atoms with Crippen LogP contribution in [0.5, 0.6) is 5.75 Å². The molecule has 0 aliphatic rings. The van der Waals surface area contributed by atoms with E-state index in [1.165, 1.54) is 0 Å². The SMILES string of the molecule is C[Si](C)(C)Oc1ccc2cc(C=O)ccc2c1. The molecule has 3 heteroatoms. The van der Waals surface area contributed by atoms with Crippen molar-refractivity contribution in [1.29, 1.82) is 0 Å². The van der Waals surface area contributed by atoms with Gasteiger partial charge in [-0.05, 0) is 48.6 Å². The van der Waals surface area contributed by atoms with Gasteiger partial charge in [0.05, 0.1) is 0 Å². The maximum Gasteiger partial charge on any atom is 0.242 e. The van der Waals surface area contributed by atoms with E-state index in [2.05, 4.69) is 19.6 Å². The summed E-state index contributed by atoms with van der Waals surface area (Å²) in [6, 6.07) is 11.7. The molecule has 0 aliphatic carbocycles. The Kier molecular flexibility index (Phi) is 3.02. The maximum absolute atomic E-state index is 10.7. The fourth-order valence-corrected chi connectivity index (χ4v) is 2.57. The maximum atomic E-state index is 10.7. The predicted molar refractivity (Wildman–Crippen MR) is 73.3 cm³/mol. The molecule has 0 spiro atoms. The van der Waals surface area contributed by atoms with Crippen LogP contribution in [-0.2, 0) is 0 Å². The first-order chi connectivity index (χ1) is 7.98. The highest BCUT2D eigenvalue weighted by atomic mass is 28.4. The summed E-state index contributed by atoms with van der Waals surface area (Å²) >= 11 is 0. The minimum Gasteiger partial charge on any atom is -0.544 e.